The van der Waals surface area contributed by atoms with Gasteiger partial charge in [0.1, 0.15) is 11.8 Å². The van der Waals surface area contributed by atoms with Gasteiger partial charge in [-0.05, 0) is 6.07 Å². The molecule has 1 aliphatic heterocycles. The number of aromatic nitrogens is 2. The molecule has 1 saturated heterocycles. The maximum atomic E-state index is 12.9. The summed E-state index contributed by atoms with van der Waals surface area (Å²) < 4.78 is 16.9. The van der Waals surface area contributed by atoms with Gasteiger partial charge >= 0.3 is 0 Å². The van der Waals surface area contributed by atoms with Crippen LogP contribution in [0, 0.1) is 0 Å². The molecule has 1 amide bonds. The van der Waals surface area contributed by atoms with E-state index in [1.54, 1.807) is 4.90 Å². The molecule has 0 unspecified atom stereocenters. The van der Waals surface area contributed by atoms with Crippen molar-refractivity contribution in [3.8, 4) is 0 Å². The highest BCUT2D eigenvalue weighted by Gasteiger charge is 2.31. The molecule has 7 heteroatoms. The van der Waals surface area contributed by atoms with Gasteiger partial charge in [-0.25, -0.2) is 0 Å². The summed E-state index contributed by atoms with van der Waals surface area (Å²) in [5.74, 6) is 1.06. The second-order valence-corrected chi connectivity index (χ2v) is 6.39. The molecule has 1 fully saturated rings. The number of rotatable bonds is 3. The Morgan fingerprint density at radius 2 is 2.12 bits per heavy atom. The average Bonchev–Trinajstić information content (AvgIpc) is 3.28. The van der Waals surface area contributed by atoms with Crippen molar-refractivity contribution in [3.05, 3.63) is 47.9 Å². The van der Waals surface area contributed by atoms with E-state index in [1.807, 2.05) is 38.1 Å². The minimum atomic E-state index is -0.407. The smallest absolute Gasteiger partial charge is 0.257 e. The molecule has 4 rings (SSSR count). The van der Waals surface area contributed by atoms with Gasteiger partial charge in [-0.15, -0.1) is 10.2 Å². The Morgan fingerprint density at radius 1 is 1.28 bits per heavy atom. The number of benzene rings is 1. The molecular formula is C18H19N3O4. The summed E-state index contributed by atoms with van der Waals surface area (Å²) in [6.45, 7) is 5.28. The zero-order valence-corrected chi connectivity index (χ0v) is 14.1. The highest BCUT2D eigenvalue weighted by Crippen LogP contribution is 2.27. The van der Waals surface area contributed by atoms with E-state index in [0.29, 0.717) is 42.6 Å². The number of ether oxygens (including phenoxy) is 1. The van der Waals surface area contributed by atoms with Gasteiger partial charge in [-0.3, -0.25) is 4.79 Å². The van der Waals surface area contributed by atoms with Crippen molar-refractivity contribution < 1.29 is 18.4 Å². The summed E-state index contributed by atoms with van der Waals surface area (Å²) in [5.41, 5.74) is 1.26. The number of hydrogen-bond donors (Lipinski definition) is 0. The Labute approximate surface area is 144 Å². The lowest BCUT2D eigenvalue weighted by Gasteiger charge is -2.31. The maximum Gasteiger partial charge on any atom is 0.257 e. The van der Waals surface area contributed by atoms with Crippen molar-refractivity contribution >= 4 is 16.9 Å². The molecule has 1 atom stereocenters. The van der Waals surface area contributed by atoms with Crippen LogP contribution in [0.5, 0.6) is 0 Å². The van der Waals surface area contributed by atoms with Crippen LogP contribution in [-0.2, 0) is 4.74 Å². The highest BCUT2D eigenvalue weighted by atomic mass is 16.5. The van der Waals surface area contributed by atoms with Gasteiger partial charge in [-0.2, -0.15) is 0 Å². The van der Waals surface area contributed by atoms with Gasteiger partial charge in [0.15, 0.2) is 6.10 Å². The summed E-state index contributed by atoms with van der Waals surface area (Å²) in [6, 6.07) is 7.51. The Kier molecular flexibility index (Phi) is 4.01. The highest BCUT2D eigenvalue weighted by molar-refractivity contribution is 6.05. The molecule has 2 aromatic heterocycles. The summed E-state index contributed by atoms with van der Waals surface area (Å²) in [7, 11) is 0. The number of furan rings is 1. The number of hydrogen-bond acceptors (Lipinski definition) is 6. The van der Waals surface area contributed by atoms with Crippen LogP contribution in [0.15, 0.2) is 39.4 Å². The van der Waals surface area contributed by atoms with Gasteiger partial charge in [0.05, 0.1) is 18.7 Å². The molecule has 3 heterocycles. The molecule has 1 aliphatic rings. The number of carbonyl (C=O) groups is 1. The van der Waals surface area contributed by atoms with Gasteiger partial charge in [0.2, 0.25) is 11.8 Å². The lowest BCUT2D eigenvalue weighted by molar-refractivity contribution is -0.0350. The van der Waals surface area contributed by atoms with E-state index in [9.17, 15) is 4.79 Å². The van der Waals surface area contributed by atoms with Crippen molar-refractivity contribution in [1.82, 2.24) is 15.1 Å². The molecule has 1 aromatic carbocycles. The molecule has 0 aliphatic carbocycles. The van der Waals surface area contributed by atoms with Crippen molar-refractivity contribution in [1.29, 1.82) is 0 Å². The monoisotopic (exact) mass is 341 g/mol. The Morgan fingerprint density at radius 3 is 2.92 bits per heavy atom. The molecule has 0 saturated carbocycles. The zero-order chi connectivity index (χ0) is 17.4. The van der Waals surface area contributed by atoms with Crippen LogP contribution in [0.1, 0.15) is 48.0 Å². The van der Waals surface area contributed by atoms with E-state index < -0.39 is 6.10 Å². The molecule has 130 valence electrons. The first kappa shape index (κ1) is 15.8. The second-order valence-electron chi connectivity index (χ2n) is 6.39. The van der Waals surface area contributed by atoms with Crippen molar-refractivity contribution in [2.24, 2.45) is 0 Å². The fraction of sp³-hybridized carbons (Fsp3) is 0.389. The normalized spacial score (nSPS) is 18.2. The number of morpholine rings is 1. The van der Waals surface area contributed by atoms with Crippen molar-refractivity contribution in [2.75, 3.05) is 19.7 Å². The first-order chi connectivity index (χ1) is 12.1. The van der Waals surface area contributed by atoms with Crippen molar-refractivity contribution in [2.45, 2.75) is 25.9 Å². The average molecular weight is 341 g/mol. The third kappa shape index (κ3) is 2.91. The van der Waals surface area contributed by atoms with E-state index in [1.165, 1.54) is 6.26 Å². The van der Waals surface area contributed by atoms with Crippen LogP contribution in [0.25, 0.3) is 11.0 Å². The molecule has 7 nitrogen and oxygen atoms in total. The van der Waals surface area contributed by atoms with Crippen LogP contribution < -0.4 is 0 Å². The summed E-state index contributed by atoms with van der Waals surface area (Å²) in [6.07, 6.45) is 1.11. The predicted molar refractivity (Wildman–Crippen MR) is 89.2 cm³/mol. The Bertz CT molecular complexity index is 899. The van der Waals surface area contributed by atoms with E-state index in [2.05, 4.69) is 10.2 Å². The number of nitrogens with zero attached hydrogens (tertiary/aromatic N) is 3. The number of para-hydroxylation sites is 1. The first-order valence-electron chi connectivity index (χ1n) is 8.34. The van der Waals surface area contributed by atoms with Gasteiger partial charge in [0, 0.05) is 17.8 Å². The summed E-state index contributed by atoms with van der Waals surface area (Å²) in [5, 5.41) is 8.92. The molecule has 0 radical (unpaired) electrons. The minimum absolute atomic E-state index is 0.0816. The largest absolute Gasteiger partial charge is 0.463 e. The molecule has 0 spiro atoms. The third-order valence-electron chi connectivity index (χ3n) is 4.29. The first-order valence-corrected chi connectivity index (χ1v) is 8.34. The van der Waals surface area contributed by atoms with E-state index in [0.717, 1.165) is 5.39 Å². The SMILES string of the molecule is CC(C)c1nnc([C@H]2CN(C(=O)c3coc4ccccc34)CCO2)o1. The maximum absolute atomic E-state index is 12.9. The van der Waals surface area contributed by atoms with E-state index >= 15 is 0 Å². The van der Waals surface area contributed by atoms with Crippen LogP contribution in [0.4, 0.5) is 0 Å². The van der Waals surface area contributed by atoms with Gasteiger partial charge in [0.25, 0.3) is 5.91 Å². The molecule has 0 N–H and O–H groups in total. The lowest BCUT2D eigenvalue weighted by atomic mass is 10.1. The second kappa shape index (κ2) is 6.33. The van der Waals surface area contributed by atoms with Gasteiger partial charge in [-0.1, -0.05) is 32.0 Å². The molecule has 0 bridgehead atoms. The summed E-state index contributed by atoms with van der Waals surface area (Å²) >= 11 is 0. The standard InChI is InChI=1S/C18H19N3O4/c1-11(2)16-19-20-17(25-16)15-9-21(7-8-23-15)18(22)13-10-24-14-6-4-3-5-12(13)14/h3-6,10-11,15H,7-9H2,1-2H3/t15-/m1/s1. The quantitative estimate of drug-likeness (QED) is 0.728. The Hall–Kier alpha value is -2.67. The Balaban J connectivity index is 1.55. The van der Waals surface area contributed by atoms with Crippen LogP contribution in [-0.4, -0.2) is 40.7 Å². The zero-order valence-electron chi connectivity index (χ0n) is 14.1. The van der Waals surface area contributed by atoms with E-state index in [-0.39, 0.29) is 11.8 Å². The number of fused-ring (bicyclic) bond motifs is 1. The molecule has 25 heavy (non-hydrogen) atoms. The van der Waals surface area contributed by atoms with Crippen molar-refractivity contribution in [3.63, 3.8) is 0 Å². The topological polar surface area (TPSA) is 81.6 Å². The van der Waals surface area contributed by atoms with Crippen LogP contribution >= 0.6 is 0 Å². The van der Waals surface area contributed by atoms with Crippen LogP contribution in [0.3, 0.4) is 0 Å². The van der Waals surface area contributed by atoms with Gasteiger partial charge < -0.3 is 18.5 Å². The fourth-order valence-corrected chi connectivity index (χ4v) is 2.91. The summed E-state index contributed by atoms with van der Waals surface area (Å²) in [4.78, 5) is 14.6. The third-order valence-corrected chi connectivity index (χ3v) is 4.29. The number of carbonyl (C=O) groups excluding carboxylic acids is 1. The number of amides is 1. The fourth-order valence-electron chi connectivity index (χ4n) is 2.91. The minimum Gasteiger partial charge on any atom is -0.463 e. The van der Waals surface area contributed by atoms with Crippen LogP contribution in [0.2, 0.25) is 0 Å². The lowest BCUT2D eigenvalue weighted by Crippen LogP contribution is -2.42. The van der Waals surface area contributed by atoms with E-state index in [4.69, 9.17) is 13.6 Å². The predicted octanol–water partition coefficient (Wildman–Crippen LogP) is 3.15. The molecule has 3 aromatic rings. The molecular weight excluding hydrogens is 322 g/mol.